The summed E-state index contributed by atoms with van der Waals surface area (Å²) in [5.41, 5.74) is 3.08. The molecule has 0 fully saturated rings. The molecule has 0 unspecified atom stereocenters. The molecule has 1 aromatic heterocycles. The topological polar surface area (TPSA) is 82.4 Å². The number of rotatable bonds is 5. The summed E-state index contributed by atoms with van der Waals surface area (Å²) in [5.74, 6) is 1.81. The fourth-order valence-corrected chi connectivity index (χ4v) is 3.61. The van der Waals surface area contributed by atoms with Crippen LogP contribution in [0.1, 0.15) is 11.1 Å². The molecule has 9 heteroatoms. The number of aromatic nitrogens is 4. The Balaban J connectivity index is 1.45. The van der Waals surface area contributed by atoms with E-state index >= 15 is 0 Å². The third kappa shape index (κ3) is 4.09. The maximum Gasteiger partial charge on any atom is 0.246 e. The van der Waals surface area contributed by atoms with Crippen molar-refractivity contribution in [3.05, 3.63) is 52.0 Å². The first-order chi connectivity index (χ1) is 14.1. The Kier molecular flexibility index (Phi) is 5.48. The maximum absolute atomic E-state index is 12.8. The first kappa shape index (κ1) is 19.4. The van der Waals surface area contributed by atoms with Gasteiger partial charge in [-0.05, 0) is 59.2 Å². The highest BCUT2D eigenvalue weighted by Gasteiger charge is 2.23. The van der Waals surface area contributed by atoms with E-state index in [9.17, 15) is 4.79 Å². The van der Waals surface area contributed by atoms with Crippen LogP contribution in [0.15, 0.2) is 40.9 Å². The molecule has 150 valence electrons. The first-order valence-corrected chi connectivity index (χ1v) is 9.92. The zero-order valence-electron chi connectivity index (χ0n) is 16.1. The number of benzene rings is 2. The van der Waals surface area contributed by atoms with Gasteiger partial charge in [0.2, 0.25) is 11.7 Å². The van der Waals surface area contributed by atoms with Crippen molar-refractivity contribution in [2.24, 2.45) is 0 Å². The van der Waals surface area contributed by atoms with Crippen LogP contribution >= 0.6 is 15.9 Å². The summed E-state index contributed by atoms with van der Waals surface area (Å²) in [4.78, 5) is 15.9. The van der Waals surface area contributed by atoms with E-state index in [0.717, 1.165) is 22.0 Å². The summed E-state index contributed by atoms with van der Waals surface area (Å²) in [7, 11) is 3.23. The van der Waals surface area contributed by atoms with Crippen LogP contribution in [0, 0.1) is 0 Å². The van der Waals surface area contributed by atoms with Gasteiger partial charge < -0.3 is 14.4 Å². The highest BCUT2D eigenvalue weighted by atomic mass is 79.9. The second-order valence-corrected chi connectivity index (χ2v) is 7.61. The normalized spacial score (nSPS) is 13.1. The van der Waals surface area contributed by atoms with Gasteiger partial charge in [-0.15, -0.1) is 10.2 Å². The summed E-state index contributed by atoms with van der Waals surface area (Å²) in [6.07, 6.45) is 0.760. The number of hydrogen-bond acceptors (Lipinski definition) is 6. The van der Waals surface area contributed by atoms with Crippen LogP contribution in [0.5, 0.6) is 11.5 Å². The number of hydrogen-bond donors (Lipinski definition) is 0. The molecule has 0 N–H and O–H groups in total. The lowest BCUT2D eigenvalue weighted by molar-refractivity contribution is -0.133. The zero-order chi connectivity index (χ0) is 20.4. The van der Waals surface area contributed by atoms with Gasteiger partial charge in [-0.2, -0.15) is 4.80 Å². The van der Waals surface area contributed by atoms with Crippen LogP contribution < -0.4 is 9.47 Å². The van der Waals surface area contributed by atoms with Gasteiger partial charge in [-0.3, -0.25) is 4.79 Å². The Morgan fingerprint density at radius 1 is 1.10 bits per heavy atom. The summed E-state index contributed by atoms with van der Waals surface area (Å²) in [6.45, 7) is 1.20. The standard InChI is InChI=1S/C20H20BrN5O3/c1-28-17-9-14-7-8-25(11-15(14)10-18(17)29-2)19(27)12-26-23-20(22-24-26)13-3-5-16(21)6-4-13/h3-6,9-10H,7-8,11-12H2,1-2H3. The Hall–Kier alpha value is -2.94. The molecule has 2 aromatic carbocycles. The smallest absolute Gasteiger partial charge is 0.246 e. The minimum Gasteiger partial charge on any atom is -0.493 e. The molecule has 2 heterocycles. The monoisotopic (exact) mass is 457 g/mol. The van der Waals surface area contributed by atoms with Crippen molar-refractivity contribution in [3.63, 3.8) is 0 Å². The Bertz CT molecular complexity index is 1040. The Morgan fingerprint density at radius 3 is 2.48 bits per heavy atom. The van der Waals surface area contributed by atoms with E-state index in [1.165, 1.54) is 10.4 Å². The van der Waals surface area contributed by atoms with Gasteiger partial charge in [0.05, 0.1) is 14.2 Å². The van der Waals surface area contributed by atoms with Crippen molar-refractivity contribution in [1.29, 1.82) is 0 Å². The minimum absolute atomic E-state index is 0.0478. The molecule has 0 saturated carbocycles. The molecular formula is C20H20BrN5O3. The number of methoxy groups -OCH3 is 2. The van der Waals surface area contributed by atoms with Crippen LogP contribution in [-0.2, 0) is 24.3 Å². The van der Waals surface area contributed by atoms with Crippen LogP contribution in [0.2, 0.25) is 0 Å². The van der Waals surface area contributed by atoms with Gasteiger partial charge in [-0.1, -0.05) is 15.9 Å². The van der Waals surface area contributed by atoms with Crippen molar-refractivity contribution < 1.29 is 14.3 Å². The second-order valence-electron chi connectivity index (χ2n) is 6.69. The van der Waals surface area contributed by atoms with Crippen LogP contribution in [0.25, 0.3) is 11.4 Å². The van der Waals surface area contributed by atoms with Crippen molar-refractivity contribution >= 4 is 21.8 Å². The Morgan fingerprint density at radius 2 is 1.79 bits per heavy atom. The van der Waals surface area contributed by atoms with Gasteiger partial charge in [0.1, 0.15) is 6.54 Å². The molecule has 29 heavy (non-hydrogen) atoms. The molecule has 0 aliphatic carbocycles. The number of carbonyl (C=O) groups excluding carboxylic acids is 1. The molecule has 0 bridgehead atoms. The molecule has 0 saturated heterocycles. The van der Waals surface area contributed by atoms with Gasteiger partial charge >= 0.3 is 0 Å². The van der Waals surface area contributed by atoms with Gasteiger partial charge in [0, 0.05) is 23.1 Å². The molecule has 0 radical (unpaired) electrons. The highest BCUT2D eigenvalue weighted by Crippen LogP contribution is 2.33. The molecule has 4 rings (SSSR count). The summed E-state index contributed by atoms with van der Waals surface area (Å²) in [5, 5.41) is 12.4. The predicted octanol–water partition coefficient (Wildman–Crippen LogP) is 2.70. The Labute approximate surface area is 176 Å². The molecule has 3 aromatic rings. The van der Waals surface area contributed by atoms with Crippen LogP contribution in [0.4, 0.5) is 0 Å². The fraction of sp³-hybridized carbons (Fsp3) is 0.300. The van der Waals surface area contributed by atoms with Gasteiger partial charge in [-0.25, -0.2) is 0 Å². The van der Waals surface area contributed by atoms with Crippen molar-refractivity contribution in [2.45, 2.75) is 19.5 Å². The predicted molar refractivity (Wildman–Crippen MR) is 110 cm³/mol. The summed E-state index contributed by atoms with van der Waals surface area (Å²) in [6, 6.07) is 11.5. The number of nitrogens with zero attached hydrogens (tertiary/aromatic N) is 5. The molecule has 0 atom stereocenters. The lowest BCUT2D eigenvalue weighted by Gasteiger charge is -2.29. The molecular weight excluding hydrogens is 438 g/mol. The van der Waals surface area contributed by atoms with Crippen molar-refractivity contribution in [1.82, 2.24) is 25.1 Å². The number of carbonyl (C=O) groups is 1. The first-order valence-electron chi connectivity index (χ1n) is 9.12. The number of tetrazole rings is 1. The van der Waals surface area contributed by atoms with E-state index in [1.54, 1.807) is 19.1 Å². The molecule has 8 nitrogen and oxygen atoms in total. The summed E-state index contributed by atoms with van der Waals surface area (Å²) < 4.78 is 11.7. The SMILES string of the molecule is COc1cc2c(cc1OC)CN(C(=O)Cn1nnc(-c3ccc(Br)cc3)n1)CC2. The quantitative estimate of drug-likeness (QED) is 0.585. The lowest BCUT2D eigenvalue weighted by atomic mass is 9.98. The minimum atomic E-state index is -0.0507. The molecule has 1 amide bonds. The zero-order valence-corrected chi connectivity index (χ0v) is 17.7. The highest BCUT2D eigenvalue weighted by molar-refractivity contribution is 9.10. The van der Waals surface area contributed by atoms with E-state index < -0.39 is 0 Å². The number of halogens is 1. The van der Waals surface area contributed by atoms with Crippen molar-refractivity contribution in [3.8, 4) is 22.9 Å². The molecule has 0 spiro atoms. The van der Waals surface area contributed by atoms with E-state index in [2.05, 4.69) is 31.3 Å². The average Bonchev–Trinajstić information content (AvgIpc) is 3.21. The van der Waals surface area contributed by atoms with E-state index in [0.29, 0.717) is 30.4 Å². The van der Waals surface area contributed by atoms with E-state index in [-0.39, 0.29) is 12.5 Å². The largest absolute Gasteiger partial charge is 0.493 e. The third-order valence-corrected chi connectivity index (χ3v) is 5.43. The van der Waals surface area contributed by atoms with Crippen LogP contribution in [-0.4, -0.2) is 51.8 Å². The fourth-order valence-electron chi connectivity index (χ4n) is 3.34. The number of amides is 1. The van der Waals surface area contributed by atoms with Crippen LogP contribution in [0.3, 0.4) is 0 Å². The second kappa shape index (κ2) is 8.20. The number of fused-ring (bicyclic) bond motifs is 1. The third-order valence-electron chi connectivity index (χ3n) is 4.90. The summed E-state index contributed by atoms with van der Waals surface area (Å²) >= 11 is 3.40. The van der Waals surface area contributed by atoms with Gasteiger partial charge in [0.15, 0.2) is 11.5 Å². The van der Waals surface area contributed by atoms with E-state index in [4.69, 9.17) is 9.47 Å². The number of ether oxygens (including phenoxy) is 2. The van der Waals surface area contributed by atoms with Crippen molar-refractivity contribution in [2.75, 3.05) is 20.8 Å². The van der Waals surface area contributed by atoms with Gasteiger partial charge in [0.25, 0.3) is 0 Å². The molecule has 1 aliphatic heterocycles. The maximum atomic E-state index is 12.8. The average molecular weight is 458 g/mol. The molecule has 1 aliphatic rings. The lowest BCUT2D eigenvalue weighted by Crippen LogP contribution is -2.38. The van der Waals surface area contributed by atoms with E-state index in [1.807, 2.05) is 36.4 Å².